The molecule has 1 amide bonds. The molecule has 3 aromatic carbocycles. The van der Waals surface area contributed by atoms with Gasteiger partial charge in [0.2, 0.25) is 5.91 Å². The van der Waals surface area contributed by atoms with Crippen LogP contribution in [0.5, 0.6) is 5.75 Å². The highest BCUT2D eigenvalue weighted by Crippen LogP contribution is 2.19. The lowest BCUT2D eigenvalue weighted by Gasteiger charge is -2.19. The Morgan fingerprint density at radius 1 is 1.03 bits per heavy atom. The second-order valence-electron chi connectivity index (χ2n) is 6.25. The molecule has 0 aliphatic rings. The Morgan fingerprint density at radius 3 is 2.48 bits per heavy atom. The molecule has 0 aliphatic carbocycles. The van der Waals surface area contributed by atoms with E-state index >= 15 is 0 Å². The quantitative estimate of drug-likeness (QED) is 0.602. The molecule has 0 aromatic heterocycles. The van der Waals surface area contributed by atoms with E-state index in [9.17, 15) is 9.18 Å². The van der Waals surface area contributed by atoms with Crippen LogP contribution in [-0.4, -0.2) is 12.5 Å². The van der Waals surface area contributed by atoms with Crippen LogP contribution in [0.3, 0.4) is 0 Å². The fraction of sp³-hybridized carbons (Fsp3) is 0.0833. The first-order chi connectivity index (χ1) is 14.2. The van der Waals surface area contributed by atoms with Crippen LogP contribution in [-0.2, 0) is 4.79 Å². The van der Waals surface area contributed by atoms with Crippen LogP contribution < -0.4 is 10.1 Å². The molecule has 0 heterocycles. The van der Waals surface area contributed by atoms with Gasteiger partial charge in [0.15, 0.2) is 11.6 Å². The van der Waals surface area contributed by atoms with Gasteiger partial charge in [0.25, 0.3) is 0 Å². The lowest BCUT2D eigenvalue weighted by molar-refractivity contribution is -0.117. The van der Waals surface area contributed by atoms with Crippen LogP contribution >= 0.6 is 0 Å². The summed E-state index contributed by atoms with van der Waals surface area (Å²) in [4.78, 5) is 12.5. The van der Waals surface area contributed by atoms with Crippen LogP contribution in [0, 0.1) is 17.1 Å². The molecular formula is C24H19FN2O2. The number of para-hydroxylation sites is 1. The zero-order chi connectivity index (χ0) is 20.5. The molecule has 1 atom stereocenters. The zero-order valence-corrected chi connectivity index (χ0v) is 15.6. The van der Waals surface area contributed by atoms with Crippen molar-refractivity contribution in [3.8, 4) is 11.8 Å². The monoisotopic (exact) mass is 386 g/mol. The van der Waals surface area contributed by atoms with E-state index in [2.05, 4.69) is 11.4 Å². The Hall–Kier alpha value is -3.91. The van der Waals surface area contributed by atoms with Gasteiger partial charge in [-0.1, -0.05) is 60.7 Å². The Kier molecular flexibility index (Phi) is 6.75. The van der Waals surface area contributed by atoms with Crippen LogP contribution in [0.4, 0.5) is 4.39 Å². The number of carbonyl (C=O) groups is 1. The normalized spacial score (nSPS) is 11.6. The van der Waals surface area contributed by atoms with Gasteiger partial charge in [-0.25, -0.2) is 4.39 Å². The number of rotatable bonds is 7. The molecule has 1 N–H and O–H groups in total. The van der Waals surface area contributed by atoms with Gasteiger partial charge in [0.05, 0.1) is 17.7 Å². The second-order valence-corrected chi connectivity index (χ2v) is 6.25. The molecule has 3 rings (SSSR count). The van der Waals surface area contributed by atoms with E-state index in [4.69, 9.17) is 10.00 Å². The Bertz CT molecular complexity index is 1040. The van der Waals surface area contributed by atoms with Crippen molar-refractivity contribution in [3.63, 3.8) is 0 Å². The number of nitrogens with zero attached hydrogens (tertiary/aromatic N) is 1. The Morgan fingerprint density at radius 2 is 1.72 bits per heavy atom. The molecule has 5 heteroatoms. The van der Waals surface area contributed by atoms with E-state index in [1.165, 1.54) is 18.2 Å². The lowest BCUT2D eigenvalue weighted by atomic mass is 10.1. The van der Waals surface area contributed by atoms with E-state index in [0.717, 1.165) is 5.56 Å². The van der Waals surface area contributed by atoms with Crippen molar-refractivity contribution >= 4 is 12.0 Å². The van der Waals surface area contributed by atoms with Crippen LogP contribution in [0.2, 0.25) is 0 Å². The molecule has 0 aliphatic heterocycles. The summed E-state index contributed by atoms with van der Waals surface area (Å²) >= 11 is 0. The summed E-state index contributed by atoms with van der Waals surface area (Å²) in [7, 11) is 0. The predicted molar refractivity (Wildman–Crippen MR) is 109 cm³/mol. The van der Waals surface area contributed by atoms with Crippen molar-refractivity contribution in [2.75, 3.05) is 6.61 Å². The van der Waals surface area contributed by atoms with Gasteiger partial charge < -0.3 is 10.1 Å². The molecule has 29 heavy (non-hydrogen) atoms. The third-order valence-corrected chi connectivity index (χ3v) is 4.26. The summed E-state index contributed by atoms with van der Waals surface area (Å²) in [5.74, 6) is -0.677. The van der Waals surface area contributed by atoms with Gasteiger partial charge in [-0.3, -0.25) is 4.79 Å². The lowest BCUT2D eigenvalue weighted by Crippen LogP contribution is -2.31. The molecule has 144 valence electrons. The van der Waals surface area contributed by atoms with Crippen molar-refractivity contribution in [2.24, 2.45) is 0 Å². The highest BCUT2D eigenvalue weighted by atomic mass is 19.1. The Balaban J connectivity index is 1.73. The Labute approximate surface area is 168 Å². The van der Waals surface area contributed by atoms with Crippen LogP contribution in [0.15, 0.2) is 84.9 Å². The minimum absolute atomic E-state index is 0.0688. The maximum Gasteiger partial charge on any atom is 0.244 e. The third kappa shape index (κ3) is 5.53. The molecule has 0 fully saturated rings. The van der Waals surface area contributed by atoms with Crippen molar-refractivity contribution in [2.45, 2.75) is 6.04 Å². The molecule has 0 bridgehead atoms. The number of nitrogens with one attached hydrogen (secondary N) is 1. The average molecular weight is 386 g/mol. The maximum absolute atomic E-state index is 13.8. The number of carbonyl (C=O) groups excluding carboxylic acids is 1. The van der Waals surface area contributed by atoms with Gasteiger partial charge in [-0.15, -0.1) is 0 Å². The fourth-order valence-corrected chi connectivity index (χ4v) is 2.77. The van der Waals surface area contributed by atoms with Crippen molar-refractivity contribution in [1.82, 2.24) is 5.32 Å². The molecule has 0 saturated heterocycles. The zero-order valence-electron chi connectivity index (χ0n) is 15.6. The molecule has 4 nitrogen and oxygen atoms in total. The van der Waals surface area contributed by atoms with Crippen LogP contribution in [0.1, 0.15) is 22.7 Å². The number of benzene rings is 3. The summed E-state index contributed by atoms with van der Waals surface area (Å²) in [6, 6.07) is 24.1. The van der Waals surface area contributed by atoms with Gasteiger partial charge in [0, 0.05) is 6.08 Å². The highest BCUT2D eigenvalue weighted by Gasteiger charge is 2.15. The standard InChI is InChI=1S/C24H19FN2O2/c25-21-12-6-7-13-23(21)29-17-22(19-9-2-1-3-10-19)27-24(28)15-14-18-8-4-5-11-20(18)16-26/h1-15,22H,17H2,(H,27,28)/b15-14+. The average Bonchev–Trinajstić information content (AvgIpc) is 2.77. The SMILES string of the molecule is N#Cc1ccccc1/C=C/C(=O)NC(COc1ccccc1F)c1ccccc1. The van der Waals surface area contributed by atoms with Gasteiger partial charge in [-0.2, -0.15) is 5.26 Å². The second kappa shape index (κ2) is 9.86. The third-order valence-electron chi connectivity index (χ3n) is 4.26. The van der Waals surface area contributed by atoms with Crippen molar-refractivity contribution in [1.29, 1.82) is 5.26 Å². The molecule has 0 saturated carbocycles. The number of ether oxygens (including phenoxy) is 1. The molecular weight excluding hydrogens is 367 g/mol. The number of nitriles is 1. The molecule has 0 spiro atoms. The number of amides is 1. The molecule has 3 aromatic rings. The van der Waals surface area contributed by atoms with Crippen molar-refractivity contribution < 1.29 is 13.9 Å². The van der Waals surface area contributed by atoms with Gasteiger partial charge >= 0.3 is 0 Å². The fourth-order valence-electron chi connectivity index (χ4n) is 2.77. The topological polar surface area (TPSA) is 62.1 Å². The van der Waals surface area contributed by atoms with E-state index in [1.54, 1.807) is 42.5 Å². The summed E-state index contributed by atoms with van der Waals surface area (Å²) < 4.78 is 19.4. The van der Waals surface area contributed by atoms with E-state index in [0.29, 0.717) is 11.1 Å². The first-order valence-corrected chi connectivity index (χ1v) is 9.07. The first kappa shape index (κ1) is 19.8. The minimum Gasteiger partial charge on any atom is -0.488 e. The highest BCUT2D eigenvalue weighted by molar-refractivity contribution is 5.92. The summed E-state index contributed by atoms with van der Waals surface area (Å²) in [6.45, 7) is 0.0688. The maximum atomic E-state index is 13.8. The number of halogens is 1. The van der Waals surface area contributed by atoms with Crippen molar-refractivity contribution in [3.05, 3.63) is 107 Å². The number of hydrogen-bond donors (Lipinski definition) is 1. The molecule has 0 radical (unpaired) electrons. The summed E-state index contributed by atoms with van der Waals surface area (Å²) in [5.41, 5.74) is 1.98. The first-order valence-electron chi connectivity index (χ1n) is 9.07. The smallest absolute Gasteiger partial charge is 0.244 e. The number of hydrogen-bond acceptors (Lipinski definition) is 3. The van der Waals surface area contributed by atoms with Gasteiger partial charge in [0.1, 0.15) is 6.61 Å². The largest absolute Gasteiger partial charge is 0.488 e. The van der Waals surface area contributed by atoms with E-state index < -0.39 is 11.9 Å². The minimum atomic E-state index is -0.473. The molecule has 1 unspecified atom stereocenters. The summed E-state index contributed by atoms with van der Waals surface area (Å²) in [5, 5.41) is 12.0. The van der Waals surface area contributed by atoms with Crippen LogP contribution in [0.25, 0.3) is 6.08 Å². The van der Waals surface area contributed by atoms with Gasteiger partial charge in [-0.05, 0) is 35.4 Å². The van der Waals surface area contributed by atoms with E-state index in [-0.39, 0.29) is 18.3 Å². The predicted octanol–water partition coefficient (Wildman–Crippen LogP) is 4.65. The summed E-state index contributed by atoms with van der Waals surface area (Å²) in [6.07, 6.45) is 2.96. The van der Waals surface area contributed by atoms with E-state index in [1.807, 2.05) is 30.3 Å².